The first kappa shape index (κ1) is 13.5. The Bertz CT molecular complexity index is 770. The van der Waals surface area contributed by atoms with Crippen LogP contribution in [0.4, 0.5) is 0 Å². The fraction of sp³-hybridized carbons (Fsp3) is 0. The van der Waals surface area contributed by atoms with Crippen molar-refractivity contribution in [1.82, 2.24) is 4.98 Å². The van der Waals surface area contributed by atoms with E-state index in [0.29, 0.717) is 11.6 Å². The first-order valence-corrected chi connectivity index (χ1v) is 7.16. The zero-order chi connectivity index (χ0) is 14.7. The molecule has 0 fully saturated rings. The Morgan fingerprint density at radius 2 is 1.81 bits per heavy atom. The number of oxazole rings is 1. The molecule has 5 nitrogen and oxygen atoms in total. The maximum atomic E-state index is 10.7. The average molecular weight is 301 g/mol. The molecule has 0 saturated carbocycles. The second-order valence-electron chi connectivity index (χ2n) is 4.23. The molecule has 1 unspecified atom stereocenters. The van der Waals surface area contributed by atoms with E-state index in [1.165, 1.54) is 6.26 Å². The average Bonchev–Trinajstić information content (AvgIpc) is 2.98. The van der Waals surface area contributed by atoms with Gasteiger partial charge < -0.3 is 8.60 Å². The Balaban J connectivity index is 1.91. The van der Waals surface area contributed by atoms with Crippen LogP contribution in [0.2, 0.25) is 0 Å². The number of hydrogen-bond donors (Lipinski definition) is 1. The molecule has 1 atom stereocenters. The summed E-state index contributed by atoms with van der Waals surface area (Å²) in [7, 11) is 0. The lowest BCUT2D eigenvalue weighted by molar-refractivity contribution is 0.458. The van der Waals surface area contributed by atoms with Gasteiger partial charge in [-0.3, -0.25) is 4.55 Å². The number of hydrogen-bond acceptors (Lipinski definition) is 4. The molecule has 1 aromatic heterocycles. The second kappa shape index (κ2) is 5.90. The molecule has 3 rings (SSSR count). The summed E-state index contributed by atoms with van der Waals surface area (Å²) in [6, 6.07) is 16.3. The van der Waals surface area contributed by atoms with Crippen LogP contribution in [0.5, 0.6) is 5.75 Å². The molecule has 3 aromatic rings. The van der Waals surface area contributed by atoms with Crippen molar-refractivity contribution in [3.8, 4) is 28.5 Å². The Kier molecular flexibility index (Phi) is 3.81. The quantitative estimate of drug-likeness (QED) is 0.746. The molecule has 0 saturated heterocycles. The molecule has 1 N–H and O–H groups in total. The van der Waals surface area contributed by atoms with Gasteiger partial charge in [0.1, 0.15) is 17.7 Å². The zero-order valence-electron chi connectivity index (χ0n) is 10.8. The van der Waals surface area contributed by atoms with E-state index in [4.69, 9.17) is 13.2 Å². The molecule has 106 valence electrons. The van der Waals surface area contributed by atoms with Gasteiger partial charge in [-0.15, -0.1) is 0 Å². The van der Waals surface area contributed by atoms with Gasteiger partial charge in [-0.2, -0.15) is 4.21 Å². The van der Waals surface area contributed by atoms with E-state index < -0.39 is 11.4 Å². The lowest BCUT2D eigenvalue weighted by atomic mass is 10.1. The van der Waals surface area contributed by atoms with Gasteiger partial charge in [0.05, 0.1) is 0 Å². The summed E-state index contributed by atoms with van der Waals surface area (Å²) in [5, 5.41) is 0. The fourth-order valence-electron chi connectivity index (χ4n) is 1.91. The van der Waals surface area contributed by atoms with Gasteiger partial charge in [0, 0.05) is 11.1 Å². The Morgan fingerprint density at radius 3 is 2.57 bits per heavy atom. The molecule has 0 aliphatic rings. The highest BCUT2D eigenvalue weighted by molar-refractivity contribution is 7.74. The molecule has 21 heavy (non-hydrogen) atoms. The molecule has 1 heterocycles. The highest BCUT2D eigenvalue weighted by Gasteiger charge is 2.09. The van der Waals surface area contributed by atoms with Crippen LogP contribution in [0.3, 0.4) is 0 Å². The summed E-state index contributed by atoms with van der Waals surface area (Å²) in [4.78, 5) is 4.41. The predicted molar refractivity (Wildman–Crippen MR) is 78.8 cm³/mol. The van der Waals surface area contributed by atoms with Crippen molar-refractivity contribution in [2.45, 2.75) is 0 Å². The number of benzene rings is 2. The van der Waals surface area contributed by atoms with Crippen LogP contribution in [0.25, 0.3) is 22.7 Å². The van der Waals surface area contributed by atoms with Crippen molar-refractivity contribution < 1.29 is 17.4 Å². The molecule has 6 heteroatoms. The maximum Gasteiger partial charge on any atom is 0.357 e. The fourth-order valence-corrected chi connectivity index (χ4v) is 2.18. The third-order valence-electron chi connectivity index (χ3n) is 2.82. The first-order chi connectivity index (χ1) is 10.2. The molecule has 0 aliphatic heterocycles. The molecular formula is C15H11NO4S. The SMILES string of the molecule is O=S(O)Oc1cccc(-c2coc(-c3ccccc3)n2)c1. The van der Waals surface area contributed by atoms with E-state index in [2.05, 4.69) is 4.98 Å². The lowest BCUT2D eigenvalue weighted by Gasteiger charge is -2.01. The molecular weight excluding hydrogens is 290 g/mol. The molecule has 0 bridgehead atoms. The minimum absolute atomic E-state index is 0.289. The molecule has 0 aliphatic carbocycles. The van der Waals surface area contributed by atoms with Gasteiger partial charge in [-0.05, 0) is 24.3 Å². The van der Waals surface area contributed by atoms with Crippen molar-refractivity contribution in [2.75, 3.05) is 0 Å². The Labute approximate surface area is 123 Å². The Morgan fingerprint density at radius 1 is 1.05 bits per heavy atom. The van der Waals surface area contributed by atoms with Gasteiger partial charge >= 0.3 is 11.4 Å². The Hall–Kier alpha value is -2.44. The molecule has 0 amide bonds. The minimum Gasteiger partial charge on any atom is -0.444 e. The summed E-state index contributed by atoms with van der Waals surface area (Å²) in [6.07, 6.45) is 1.54. The van der Waals surface area contributed by atoms with Crippen molar-refractivity contribution in [3.63, 3.8) is 0 Å². The summed E-state index contributed by atoms with van der Waals surface area (Å²) in [5.41, 5.74) is 2.25. The molecule has 2 aromatic carbocycles. The van der Waals surface area contributed by atoms with Gasteiger partial charge in [0.2, 0.25) is 5.89 Å². The largest absolute Gasteiger partial charge is 0.444 e. The second-order valence-corrected chi connectivity index (χ2v) is 4.83. The highest BCUT2D eigenvalue weighted by atomic mass is 32.2. The minimum atomic E-state index is -2.35. The lowest BCUT2D eigenvalue weighted by Crippen LogP contribution is -1.97. The zero-order valence-corrected chi connectivity index (χ0v) is 11.6. The van der Waals surface area contributed by atoms with Gasteiger partial charge in [0.15, 0.2) is 0 Å². The van der Waals surface area contributed by atoms with Gasteiger partial charge in [0.25, 0.3) is 0 Å². The van der Waals surface area contributed by atoms with Crippen LogP contribution in [-0.4, -0.2) is 13.7 Å². The third kappa shape index (κ3) is 3.18. The van der Waals surface area contributed by atoms with Crippen molar-refractivity contribution >= 4 is 11.4 Å². The number of aromatic nitrogens is 1. The van der Waals surface area contributed by atoms with E-state index >= 15 is 0 Å². The number of rotatable bonds is 4. The third-order valence-corrected chi connectivity index (χ3v) is 3.16. The van der Waals surface area contributed by atoms with Crippen LogP contribution in [0, 0.1) is 0 Å². The summed E-state index contributed by atoms with van der Waals surface area (Å²) < 4.78 is 29.6. The van der Waals surface area contributed by atoms with E-state index in [9.17, 15) is 4.21 Å². The van der Waals surface area contributed by atoms with Crippen molar-refractivity contribution in [1.29, 1.82) is 0 Å². The maximum absolute atomic E-state index is 10.7. The van der Waals surface area contributed by atoms with Crippen LogP contribution >= 0.6 is 0 Å². The summed E-state index contributed by atoms with van der Waals surface area (Å²) >= 11 is -2.35. The topological polar surface area (TPSA) is 72.6 Å². The van der Waals surface area contributed by atoms with E-state index in [1.54, 1.807) is 18.2 Å². The monoisotopic (exact) mass is 301 g/mol. The van der Waals surface area contributed by atoms with Gasteiger partial charge in [-0.1, -0.05) is 30.3 Å². The normalized spacial score (nSPS) is 12.0. The smallest absolute Gasteiger partial charge is 0.357 e. The van der Waals surface area contributed by atoms with Gasteiger partial charge in [-0.25, -0.2) is 4.98 Å². The van der Waals surface area contributed by atoms with Crippen molar-refractivity contribution in [2.24, 2.45) is 0 Å². The van der Waals surface area contributed by atoms with Crippen LogP contribution in [0.15, 0.2) is 65.3 Å². The summed E-state index contributed by atoms with van der Waals surface area (Å²) in [5.74, 6) is 0.806. The van der Waals surface area contributed by atoms with Crippen LogP contribution < -0.4 is 4.18 Å². The first-order valence-electron chi connectivity index (χ1n) is 6.13. The molecule has 0 spiro atoms. The number of nitrogens with zero attached hydrogens (tertiary/aromatic N) is 1. The van der Waals surface area contributed by atoms with E-state index in [0.717, 1.165) is 11.1 Å². The van der Waals surface area contributed by atoms with Crippen LogP contribution in [-0.2, 0) is 11.4 Å². The molecule has 0 radical (unpaired) electrons. The van der Waals surface area contributed by atoms with E-state index in [1.807, 2.05) is 36.4 Å². The van der Waals surface area contributed by atoms with Crippen LogP contribution in [0.1, 0.15) is 0 Å². The summed E-state index contributed by atoms with van der Waals surface area (Å²) in [6.45, 7) is 0. The predicted octanol–water partition coefficient (Wildman–Crippen LogP) is 3.52. The standard InChI is InChI=1S/C15H11NO4S/c17-21(18)20-13-8-4-7-12(9-13)14-10-19-15(16-14)11-5-2-1-3-6-11/h1-10H,(H,17,18). The highest BCUT2D eigenvalue weighted by Crippen LogP contribution is 2.27. The van der Waals surface area contributed by atoms with E-state index in [-0.39, 0.29) is 5.75 Å². The van der Waals surface area contributed by atoms with Crippen molar-refractivity contribution in [3.05, 3.63) is 60.9 Å².